The minimum atomic E-state index is -4.54. The van der Waals surface area contributed by atoms with Gasteiger partial charge in [0.15, 0.2) is 11.4 Å². The number of nitrogens with one attached hydrogen (secondary N) is 1. The van der Waals surface area contributed by atoms with Crippen LogP contribution in [-0.4, -0.2) is 56.8 Å². The van der Waals surface area contributed by atoms with Gasteiger partial charge in [0.05, 0.1) is 5.01 Å². The molecule has 8 nitrogen and oxygen atoms in total. The minimum Gasteiger partial charge on any atom is -0.476 e. The van der Waals surface area contributed by atoms with Crippen LogP contribution in [0.2, 0.25) is 0 Å². The van der Waals surface area contributed by atoms with Crippen molar-refractivity contribution in [3.05, 3.63) is 68.9 Å². The summed E-state index contributed by atoms with van der Waals surface area (Å²) in [6.45, 7) is 2.12. The molecular formula is C27H32F3N5O3S. The van der Waals surface area contributed by atoms with E-state index in [2.05, 4.69) is 39.7 Å². The Balaban J connectivity index is 0.000000243. The number of benzene rings is 1. The number of nitrogens with zero attached hydrogens (tertiary/aromatic N) is 4. The Bertz CT molecular complexity index is 1300. The third-order valence-corrected chi connectivity index (χ3v) is 8.22. The zero-order valence-corrected chi connectivity index (χ0v) is 22.7. The highest BCUT2D eigenvalue weighted by atomic mass is 32.1. The van der Waals surface area contributed by atoms with Crippen LogP contribution in [0.3, 0.4) is 0 Å². The van der Waals surface area contributed by atoms with Crippen molar-refractivity contribution in [3.8, 4) is 0 Å². The van der Waals surface area contributed by atoms with E-state index in [9.17, 15) is 22.8 Å². The van der Waals surface area contributed by atoms with Crippen molar-refractivity contribution in [3.63, 3.8) is 0 Å². The number of aromatic carboxylic acids is 1. The van der Waals surface area contributed by atoms with Gasteiger partial charge in [0.2, 0.25) is 5.91 Å². The summed E-state index contributed by atoms with van der Waals surface area (Å²) < 4.78 is 39.2. The Morgan fingerprint density at radius 3 is 2.51 bits per heavy atom. The fourth-order valence-corrected chi connectivity index (χ4v) is 6.00. The fraction of sp³-hybridized carbons (Fsp3) is 0.481. The summed E-state index contributed by atoms with van der Waals surface area (Å²) in [5.41, 5.74) is 2.32. The van der Waals surface area contributed by atoms with Crippen LogP contribution in [0.4, 0.5) is 13.2 Å². The molecule has 3 heterocycles. The molecule has 0 radical (unpaired) electrons. The molecule has 1 aliphatic heterocycles. The molecule has 1 amide bonds. The summed E-state index contributed by atoms with van der Waals surface area (Å²) in [4.78, 5) is 29.0. The first-order valence-electron chi connectivity index (χ1n) is 12.9. The molecule has 2 aliphatic rings. The average Bonchev–Trinajstić information content (AvgIpc) is 3.56. The molecule has 1 atom stereocenters. The number of thiazole rings is 1. The van der Waals surface area contributed by atoms with Crippen LogP contribution in [0.15, 0.2) is 35.7 Å². The molecule has 210 valence electrons. The van der Waals surface area contributed by atoms with Crippen LogP contribution < -0.4 is 5.32 Å². The second-order valence-corrected chi connectivity index (χ2v) is 10.7. The Morgan fingerprint density at radius 1 is 1.18 bits per heavy atom. The van der Waals surface area contributed by atoms with Crippen molar-refractivity contribution < 1.29 is 27.9 Å². The molecule has 2 N–H and O–H groups in total. The average molecular weight is 564 g/mol. The lowest BCUT2D eigenvalue weighted by Gasteiger charge is -2.31. The highest BCUT2D eigenvalue weighted by molar-refractivity contribution is 7.09. The van der Waals surface area contributed by atoms with Crippen molar-refractivity contribution in [2.45, 2.75) is 63.7 Å². The molecule has 3 aromatic rings. The van der Waals surface area contributed by atoms with Gasteiger partial charge in [-0.3, -0.25) is 9.48 Å². The molecule has 1 aliphatic carbocycles. The van der Waals surface area contributed by atoms with Crippen LogP contribution in [-0.2, 0) is 23.9 Å². The molecular weight excluding hydrogens is 531 g/mol. The molecule has 1 saturated heterocycles. The molecule has 1 aromatic carbocycles. The molecule has 39 heavy (non-hydrogen) atoms. The minimum absolute atomic E-state index is 0.0168. The maximum atomic E-state index is 12.7. The molecule has 1 fully saturated rings. The molecule has 2 aromatic heterocycles. The first kappa shape index (κ1) is 28.8. The number of carboxylic acid groups (broad SMARTS) is 1. The lowest BCUT2D eigenvalue weighted by molar-refractivity contribution is -0.142. The summed E-state index contributed by atoms with van der Waals surface area (Å²) in [5, 5.41) is 18.0. The molecule has 12 heteroatoms. The van der Waals surface area contributed by atoms with E-state index in [0.29, 0.717) is 32.0 Å². The largest absolute Gasteiger partial charge is 0.476 e. The first-order chi connectivity index (χ1) is 18.6. The summed E-state index contributed by atoms with van der Waals surface area (Å²) in [7, 11) is 2.05. The van der Waals surface area contributed by atoms with Crippen LogP contribution in [0, 0.1) is 6.92 Å². The van der Waals surface area contributed by atoms with Gasteiger partial charge in [-0.1, -0.05) is 24.3 Å². The number of hydrogen-bond acceptors (Lipinski definition) is 6. The SMILES string of the molecule is CNC1CCCc2ccccc21.Cc1cc(C(F)(F)F)nn1CC(=O)N1CCC(c2nc(C(=O)O)cs2)CC1. The number of carbonyl (C=O) groups excluding carboxylic acids is 1. The highest BCUT2D eigenvalue weighted by Crippen LogP contribution is 2.31. The van der Waals surface area contributed by atoms with Crippen molar-refractivity contribution in [2.24, 2.45) is 0 Å². The lowest BCUT2D eigenvalue weighted by atomic mass is 9.88. The predicted molar refractivity (Wildman–Crippen MR) is 141 cm³/mol. The number of halogens is 3. The van der Waals surface area contributed by atoms with Crippen LogP contribution in [0.1, 0.15) is 75.7 Å². The smallest absolute Gasteiger partial charge is 0.435 e. The van der Waals surface area contributed by atoms with E-state index in [1.165, 1.54) is 54.0 Å². The second-order valence-electron chi connectivity index (χ2n) is 9.79. The number of aryl methyl sites for hydroxylation is 2. The van der Waals surface area contributed by atoms with Gasteiger partial charge in [0, 0.05) is 36.1 Å². The number of hydrogen-bond donors (Lipinski definition) is 2. The predicted octanol–water partition coefficient (Wildman–Crippen LogP) is 5.05. The van der Waals surface area contributed by atoms with Gasteiger partial charge in [0.1, 0.15) is 6.54 Å². The lowest BCUT2D eigenvalue weighted by Crippen LogP contribution is -2.40. The van der Waals surface area contributed by atoms with Crippen LogP contribution in [0.25, 0.3) is 0 Å². The summed E-state index contributed by atoms with van der Waals surface area (Å²) in [5.74, 6) is -1.29. The van der Waals surface area contributed by atoms with E-state index < -0.39 is 17.8 Å². The van der Waals surface area contributed by atoms with Gasteiger partial charge in [-0.15, -0.1) is 11.3 Å². The van der Waals surface area contributed by atoms with Crippen molar-refractivity contribution in [1.82, 2.24) is 25.0 Å². The summed E-state index contributed by atoms with van der Waals surface area (Å²) >= 11 is 1.29. The van der Waals surface area contributed by atoms with Gasteiger partial charge in [-0.25, -0.2) is 9.78 Å². The number of rotatable bonds is 5. The normalized spacial score (nSPS) is 17.8. The number of aromatic nitrogens is 3. The zero-order valence-electron chi connectivity index (χ0n) is 21.9. The maximum Gasteiger partial charge on any atom is 0.435 e. The van der Waals surface area contributed by atoms with Crippen molar-refractivity contribution in [1.29, 1.82) is 0 Å². The third kappa shape index (κ3) is 7.04. The maximum absolute atomic E-state index is 12.7. The molecule has 0 bridgehead atoms. The number of carboxylic acids is 1. The number of carbonyl (C=O) groups is 2. The number of fused-ring (bicyclic) bond motifs is 1. The van der Waals surface area contributed by atoms with E-state index in [-0.39, 0.29) is 29.8 Å². The standard InChI is InChI=1S/C16H17F3N4O3S.C11H15N/c1-9-6-12(16(17,18)19)21-23(9)7-13(24)22-4-2-10(3-5-22)14-20-11(8-27-14)15(25)26;1-12-11-8-4-6-9-5-2-3-7-10(9)11/h6,8,10H,2-5,7H2,1H3,(H,25,26);2-3,5,7,11-12H,4,6,8H2,1H3. The monoisotopic (exact) mass is 563 g/mol. The zero-order chi connectivity index (χ0) is 28.2. The Labute approximate surface area is 228 Å². The molecule has 1 unspecified atom stereocenters. The topological polar surface area (TPSA) is 100 Å². The number of piperidine rings is 1. The van der Waals surface area contributed by atoms with E-state index in [4.69, 9.17) is 5.11 Å². The number of alkyl halides is 3. The molecule has 0 saturated carbocycles. The summed E-state index contributed by atoms with van der Waals surface area (Å²) in [6, 6.07) is 10.3. The molecule has 5 rings (SSSR count). The Morgan fingerprint density at radius 2 is 1.90 bits per heavy atom. The highest BCUT2D eigenvalue weighted by Gasteiger charge is 2.35. The van der Waals surface area contributed by atoms with E-state index in [1.54, 1.807) is 4.90 Å². The second kappa shape index (κ2) is 12.3. The fourth-order valence-electron chi connectivity index (χ4n) is 5.04. The van der Waals surface area contributed by atoms with Gasteiger partial charge in [-0.2, -0.15) is 18.3 Å². The van der Waals surface area contributed by atoms with Gasteiger partial charge >= 0.3 is 12.1 Å². The van der Waals surface area contributed by atoms with Crippen LogP contribution in [0.5, 0.6) is 0 Å². The van der Waals surface area contributed by atoms with E-state index in [1.807, 2.05) is 7.05 Å². The molecule has 0 spiro atoms. The number of likely N-dealkylation sites (tertiary alicyclic amines) is 1. The van der Waals surface area contributed by atoms with Gasteiger partial charge in [0.25, 0.3) is 0 Å². The van der Waals surface area contributed by atoms with Gasteiger partial charge in [-0.05, 0) is 63.3 Å². The Kier molecular flexibility index (Phi) is 9.06. The van der Waals surface area contributed by atoms with Crippen molar-refractivity contribution in [2.75, 3.05) is 20.1 Å². The number of amides is 1. The summed E-state index contributed by atoms with van der Waals surface area (Å²) in [6.07, 6.45) is 0.582. The quantitative estimate of drug-likeness (QED) is 0.451. The third-order valence-electron chi connectivity index (χ3n) is 7.21. The van der Waals surface area contributed by atoms with Crippen LogP contribution >= 0.6 is 11.3 Å². The van der Waals surface area contributed by atoms with E-state index >= 15 is 0 Å². The van der Waals surface area contributed by atoms with Gasteiger partial charge < -0.3 is 15.3 Å². The van der Waals surface area contributed by atoms with Crippen molar-refractivity contribution >= 4 is 23.2 Å². The van der Waals surface area contributed by atoms with E-state index in [0.717, 1.165) is 15.8 Å². The first-order valence-corrected chi connectivity index (χ1v) is 13.8. The Hall–Kier alpha value is -3.25.